The Morgan fingerprint density at radius 3 is 2.50 bits per heavy atom. The van der Waals surface area contributed by atoms with Gasteiger partial charge in [0, 0.05) is 44.0 Å². The lowest BCUT2D eigenvalue weighted by molar-refractivity contribution is -0.116. The molecule has 0 saturated heterocycles. The molecule has 0 unspecified atom stereocenters. The molecule has 28 heavy (non-hydrogen) atoms. The largest absolute Gasteiger partial charge is 0.371 e. The first-order valence-corrected chi connectivity index (χ1v) is 9.98. The zero-order valence-corrected chi connectivity index (χ0v) is 16.4. The Balaban J connectivity index is 1.48. The number of aryl methyl sites for hydroxylation is 2. The molecule has 2 heterocycles. The van der Waals surface area contributed by atoms with Gasteiger partial charge < -0.3 is 10.2 Å². The fourth-order valence-electron chi connectivity index (χ4n) is 4.08. The molecule has 4 rings (SSSR count). The van der Waals surface area contributed by atoms with E-state index in [2.05, 4.69) is 29.3 Å². The summed E-state index contributed by atoms with van der Waals surface area (Å²) in [6, 6.07) is 13.8. The van der Waals surface area contributed by atoms with Crippen molar-refractivity contribution in [2.75, 3.05) is 23.3 Å². The van der Waals surface area contributed by atoms with Gasteiger partial charge in [-0.2, -0.15) is 0 Å². The van der Waals surface area contributed by atoms with E-state index in [1.54, 1.807) is 9.13 Å². The number of fused-ring (bicyclic) bond motifs is 2. The summed E-state index contributed by atoms with van der Waals surface area (Å²) in [5, 5.41) is 2.99. The van der Waals surface area contributed by atoms with Crippen molar-refractivity contribution >= 4 is 28.3 Å². The Kier molecular flexibility index (Phi) is 4.94. The number of likely N-dealkylation sites (N-methyl/N-ethyl adjacent to an activating group) is 1. The van der Waals surface area contributed by atoms with Crippen molar-refractivity contribution in [3.63, 3.8) is 0 Å². The standard InChI is InChI=1S/C22H26N4O2/c1-3-24-13-11-16-9-10-17(15-20(16)24)23-21(27)12-14-26-19-8-6-5-7-18(19)25(4-2)22(26)28/h5-10,15H,3-4,11-14H2,1-2H3,(H,23,27). The van der Waals surface area contributed by atoms with Crippen LogP contribution in [0.1, 0.15) is 25.8 Å². The van der Waals surface area contributed by atoms with Crippen LogP contribution in [0.3, 0.4) is 0 Å². The van der Waals surface area contributed by atoms with Gasteiger partial charge in [0.15, 0.2) is 0 Å². The number of nitrogens with zero attached hydrogens (tertiary/aromatic N) is 3. The van der Waals surface area contributed by atoms with Crippen LogP contribution in [0, 0.1) is 0 Å². The van der Waals surface area contributed by atoms with Gasteiger partial charge in [0.25, 0.3) is 0 Å². The molecule has 6 nitrogen and oxygen atoms in total. The van der Waals surface area contributed by atoms with E-state index >= 15 is 0 Å². The summed E-state index contributed by atoms with van der Waals surface area (Å²) >= 11 is 0. The minimum atomic E-state index is -0.0822. The van der Waals surface area contributed by atoms with Crippen LogP contribution in [0.2, 0.25) is 0 Å². The summed E-state index contributed by atoms with van der Waals surface area (Å²) in [7, 11) is 0. The number of benzene rings is 2. The molecule has 0 saturated carbocycles. The van der Waals surface area contributed by atoms with E-state index in [4.69, 9.17) is 0 Å². The molecule has 1 aliphatic heterocycles. The molecule has 0 spiro atoms. The average molecular weight is 378 g/mol. The van der Waals surface area contributed by atoms with Crippen molar-refractivity contribution < 1.29 is 4.79 Å². The van der Waals surface area contributed by atoms with E-state index in [0.29, 0.717) is 13.1 Å². The van der Waals surface area contributed by atoms with Gasteiger partial charge >= 0.3 is 5.69 Å². The third kappa shape index (κ3) is 3.19. The highest BCUT2D eigenvalue weighted by Crippen LogP contribution is 2.30. The van der Waals surface area contributed by atoms with Crippen molar-refractivity contribution in [3.8, 4) is 0 Å². The molecular weight excluding hydrogens is 352 g/mol. The maximum Gasteiger partial charge on any atom is 0.329 e. The number of imidazole rings is 1. The van der Waals surface area contributed by atoms with Crippen LogP contribution in [0.25, 0.3) is 11.0 Å². The number of rotatable bonds is 6. The topological polar surface area (TPSA) is 59.3 Å². The molecule has 1 aliphatic rings. The maximum absolute atomic E-state index is 12.7. The molecule has 0 aliphatic carbocycles. The van der Waals surface area contributed by atoms with Gasteiger partial charge in [-0.05, 0) is 50.1 Å². The van der Waals surface area contributed by atoms with E-state index in [-0.39, 0.29) is 18.0 Å². The van der Waals surface area contributed by atoms with Crippen LogP contribution in [-0.2, 0) is 24.3 Å². The van der Waals surface area contributed by atoms with Crippen molar-refractivity contribution in [2.45, 2.75) is 39.8 Å². The first-order chi connectivity index (χ1) is 13.6. The number of hydrogen-bond donors (Lipinski definition) is 1. The van der Waals surface area contributed by atoms with Crippen LogP contribution in [0.4, 0.5) is 11.4 Å². The highest BCUT2D eigenvalue weighted by atomic mass is 16.2. The lowest BCUT2D eigenvalue weighted by Gasteiger charge is -2.17. The van der Waals surface area contributed by atoms with E-state index in [9.17, 15) is 9.59 Å². The fraction of sp³-hybridized carbons (Fsp3) is 0.364. The number of carbonyl (C=O) groups excluding carboxylic acids is 1. The lowest BCUT2D eigenvalue weighted by Crippen LogP contribution is -2.25. The summed E-state index contributed by atoms with van der Waals surface area (Å²) in [5.74, 6) is -0.0822. The van der Waals surface area contributed by atoms with E-state index in [0.717, 1.165) is 36.2 Å². The summed E-state index contributed by atoms with van der Waals surface area (Å²) in [5.41, 5.74) is 5.08. The average Bonchev–Trinajstić information content (AvgIpc) is 3.23. The maximum atomic E-state index is 12.7. The number of hydrogen-bond acceptors (Lipinski definition) is 3. The van der Waals surface area contributed by atoms with Crippen LogP contribution in [0.15, 0.2) is 47.3 Å². The Bertz CT molecular complexity index is 1080. The predicted molar refractivity (Wildman–Crippen MR) is 113 cm³/mol. The molecule has 1 N–H and O–H groups in total. The predicted octanol–water partition coefficient (Wildman–Crippen LogP) is 3.23. The van der Waals surface area contributed by atoms with Gasteiger partial charge in [-0.3, -0.25) is 13.9 Å². The van der Waals surface area contributed by atoms with Crippen LogP contribution >= 0.6 is 0 Å². The summed E-state index contributed by atoms with van der Waals surface area (Å²) < 4.78 is 3.44. The molecule has 2 aromatic carbocycles. The molecule has 0 radical (unpaired) electrons. The monoisotopic (exact) mass is 378 g/mol. The minimum Gasteiger partial charge on any atom is -0.371 e. The second kappa shape index (κ2) is 7.54. The van der Waals surface area contributed by atoms with Crippen molar-refractivity contribution in [1.82, 2.24) is 9.13 Å². The van der Waals surface area contributed by atoms with Gasteiger partial charge in [-0.15, -0.1) is 0 Å². The third-order valence-electron chi connectivity index (χ3n) is 5.55. The molecule has 0 fully saturated rings. The number of aromatic nitrogens is 2. The highest BCUT2D eigenvalue weighted by molar-refractivity contribution is 5.91. The normalized spacial score (nSPS) is 13.1. The quantitative estimate of drug-likeness (QED) is 0.716. The molecule has 0 bridgehead atoms. The molecule has 3 aromatic rings. The number of para-hydroxylation sites is 2. The first kappa shape index (κ1) is 18.3. The van der Waals surface area contributed by atoms with Crippen LogP contribution < -0.4 is 15.9 Å². The lowest BCUT2D eigenvalue weighted by atomic mass is 10.1. The second-order valence-electron chi connectivity index (χ2n) is 7.14. The fourth-order valence-corrected chi connectivity index (χ4v) is 4.08. The first-order valence-electron chi connectivity index (χ1n) is 9.98. The molecule has 146 valence electrons. The van der Waals surface area contributed by atoms with Crippen molar-refractivity contribution in [3.05, 3.63) is 58.5 Å². The van der Waals surface area contributed by atoms with Gasteiger partial charge in [-0.1, -0.05) is 18.2 Å². The van der Waals surface area contributed by atoms with Gasteiger partial charge in [0.2, 0.25) is 5.91 Å². The smallest absolute Gasteiger partial charge is 0.329 e. The van der Waals surface area contributed by atoms with Gasteiger partial charge in [0.05, 0.1) is 11.0 Å². The number of amides is 1. The zero-order chi connectivity index (χ0) is 19.7. The van der Waals surface area contributed by atoms with Crippen LogP contribution in [-0.4, -0.2) is 28.1 Å². The Morgan fingerprint density at radius 1 is 1.04 bits per heavy atom. The van der Waals surface area contributed by atoms with E-state index in [1.807, 2.05) is 37.3 Å². The van der Waals surface area contributed by atoms with Gasteiger partial charge in [0.1, 0.15) is 0 Å². The molecule has 1 amide bonds. The van der Waals surface area contributed by atoms with Crippen molar-refractivity contribution in [1.29, 1.82) is 0 Å². The van der Waals surface area contributed by atoms with Crippen molar-refractivity contribution in [2.24, 2.45) is 0 Å². The number of carbonyl (C=O) groups is 1. The Labute approximate surface area is 164 Å². The Hall–Kier alpha value is -3.02. The Morgan fingerprint density at radius 2 is 1.79 bits per heavy atom. The molecule has 6 heteroatoms. The van der Waals surface area contributed by atoms with Crippen LogP contribution in [0.5, 0.6) is 0 Å². The summed E-state index contributed by atoms with van der Waals surface area (Å²) in [4.78, 5) is 27.5. The van der Waals surface area contributed by atoms with E-state index in [1.165, 1.54) is 11.3 Å². The third-order valence-corrected chi connectivity index (χ3v) is 5.55. The summed E-state index contributed by atoms with van der Waals surface area (Å²) in [6.45, 7) is 7.08. The molecule has 1 aromatic heterocycles. The van der Waals surface area contributed by atoms with E-state index < -0.39 is 0 Å². The number of nitrogens with one attached hydrogen (secondary N) is 1. The molecule has 0 atom stereocenters. The van der Waals surface area contributed by atoms with Gasteiger partial charge in [-0.25, -0.2) is 4.79 Å². The number of anilines is 2. The molecular formula is C22H26N4O2. The minimum absolute atomic E-state index is 0.0624. The highest BCUT2D eigenvalue weighted by Gasteiger charge is 2.18. The summed E-state index contributed by atoms with van der Waals surface area (Å²) in [6.07, 6.45) is 1.31. The second-order valence-corrected chi connectivity index (χ2v) is 7.14. The zero-order valence-electron chi connectivity index (χ0n) is 16.4. The SMILES string of the molecule is CCN1CCc2ccc(NC(=O)CCn3c(=O)n(CC)c4ccccc43)cc21.